The number of nitrogens with zero attached hydrogens (tertiary/aromatic N) is 1. The summed E-state index contributed by atoms with van der Waals surface area (Å²) in [5.74, 6) is 1.18. The number of hydrogen-bond donors (Lipinski definition) is 1. The molecule has 0 spiro atoms. The summed E-state index contributed by atoms with van der Waals surface area (Å²) in [4.78, 5) is 26.6. The zero-order valence-electron chi connectivity index (χ0n) is 22.3. The molecule has 0 saturated carbocycles. The van der Waals surface area contributed by atoms with Gasteiger partial charge in [0.1, 0.15) is 6.10 Å². The second-order valence-electron chi connectivity index (χ2n) is 10.3. The molecule has 1 saturated heterocycles. The Balaban J connectivity index is 2.60. The summed E-state index contributed by atoms with van der Waals surface area (Å²) in [6, 6.07) is 1.26. The average molecular weight is 533 g/mol. The van der Waals surface area contributed by atoms with E-state index in [-0.39, 0.29) is 17.1 Å². The van der Waals surface area contributed by atoms with Gasteiger partial charge in [0.25, 0.3) is 5.56 Å². The van der Waals surface area contributed by atoms with Crippen LogP contribution in [0, 0.1) is 5.92 Å². The number of nitrogens with one attached hydrogen (secondary N) is 1. The van der Waals surface area contributed by atoms with Crippen molar-refractivity contribution in [1.29, 1.82) is 0 Å². The van der Waals surface area contributed by atoms with Crippen molar-refractivity contribution in [1.82, 2.24) is 9.55 Å². The summed E-state index contributed by atoms with van der Waals surface area (Å²) in [7, 11) is -3.02. The third kappa shape index (κ3) is 7.35. The normalized spacial score (nSPS) is 26.7. The Kier molecular flexibility index (Phi) is 10.1. The van der Waals surface area contributed by atoms with E-state index >= 15 is 0 Å². The number of aromatic amines is 1. The van der Waals surface area contributed by atoms with Crippen LogP contribution in [-0.2, 0) is 27.5 Å². The largest absolute Gasteiger partial charge is 0.413 e. The summed E-state index contributed by atoms with van der Waals surface area (Å²) in [6.07, 6.45) is 1.23. The summed E-state index contributed by atoms with van der Waals surface area (Å²) in [6.45, 7) is 15.1. The van der Waals surface area contributed by atoms with Gasteiger partial charge in [0.05, 0.1) is 12.2 Å². The fourth-order valence-corrected chi connectivity index (χ4v) is 5.89. The van der Waals surface area contributed by atoms with E-state index in [0.29, 0.717) is 13.0 Å². The lowest BCUT2D eigenvalue weighted by atomic mass is 9.95. The minimum Gasteiger partial charge on any atom is -0.413 e. The molecule has 1 aliphatic rings. The molecule has 0 aromatic carbocycles. The molecule has 5 atom stereocenters. The molecule has 10 nitrogen and oxygen atoms in total. The molecule has 35 heavy (non-hydrogen) atoms. The topological polar surface area (TPSA) is 118 Å². The summed E-state index contributed by atoms with van der Waals surface area (Å²) in [5.41, 5.74) is -1.11. The van der Waals surface area contributed by atoms with Crippen LogP contribution in [0.3, 0.4) is 0 Å². The van der Waals surface area contributed by atoms with Crippen molar-refractivity contribution < 1.29 is 27.5 Å². The van der Waals surface area contributed by atoms with Crippen LogP contribution in [-0.4, -0.2) is 57.0 Å². The van der Waals surface area contributed by atoms with E-state index in [1.165, 1.54) is 36.9 Å². The third-order valence-corrected chi connectivity index (χ3v) is 13.0. The van der Waals surface area contributed by atoms with Crippen LogP contribution in [0.25, 0.3) is 0 Å². The molecule has 0 amide bonds. The fraction of sp³-hybridized carbons (Fsp3) is 0.739. The molecule has 200 valence electrons. The highest BCUT2D eigenvalue weighted by atomic mass is 31.2. The lowest BCUT2D eigenvalue weighted by molar-refractivity contribution is -0.122. The Bertz CT molecular complexity index is 1020. The van der Waals surface area contributed by atoms with E-state index in [1.807, 2.05) is 13.8 Å². The van der Waals surface area contributed by atoms with Crippen molar-refractivity contribution >= 4 is 15.9 Å². The fourth-order valence-electron chi connectivity index (χ4n) is 3.70. The quantitative estimate of drug-likeness (QED) is 0.370. The summed E-state index contributed by atoms with van der Waals surface area (Å²) >= 11 is 0. The van der Waals surface area contributed by atoms with Crippen molar-refractivity contribution in [2.45, 2.75) is 83.7 Å². The molecule has 1 N–H and O–H groups in total. The van der Waals surface area contributed by atoms with Crippen molar-refractivity contribution in [3.05, 3.63) is 45.0 Å². The maximum absolute atomic E-state index is 12.7. The van der Waals surface area contributed by atoms with E-state index in [0.717, 1.165) is 0 Å². The Morgan fingerprint density at radius 1 is 1.23 bits per heavy atom. The van der Waals surface area contributed by atoms with Crippen LogP contribution >= 0.6 is 7.60 Å². The molecule has 1 aromatic rings. The van der Waals surface area contributed by atoms with Crippen LogP contribution in [0.15, 0.2) is 33.7 Å². The Morgan fingerprint density at radius 2 is 1.86 bits per heavy atom. The van der Waals surface area contributed by atoms with Crippen molar-refractivity contribution in [3.8, 4) is 0 Å². The molecule has 12 heteroatoms. The number of rotatable bonds is 9. The third-order valence-electron chi connectivity index (χ3n) is 6.91. The van der Waals surface area contributed by atoms with E-state index in [2.05, 4.69) is 38.8 Å². The van der Waals surface area contributed by atoms with Gasteiger partial charge in [0.2, 0.25) is 0 Å². The zero-order valence-corrected chi connectivity index (χ0v) is 24.2. The Morgan fingerprint density at radius 3 is 2.37 bits per heavy atom. The number of aromatic nitrogens is 2. The van der Waals surface area contributed by atoms with Gasteiger partial charge in [-0.25, -0.2) is 4.79 Å². The molecule has 2 rings (SSSR count). The van der Waals surface area contributed by atoms with E-state index in [9.17, 15) is 14.2 Å². The van der Waals surface area contributed by atoms with Crippen molar-refractivity contribution in [2.24, 2.45) is 5.92 Å². The molecule has 1 fully saturated rings. The van der Waals surface area contributed by atoms with Crippen LogP contribution in [0.5, 0.6) is 0 Å². The van der Waals surface area contributed by atoms with Crippen LogP contribution in [0.1, 0.15) is 47.3 Å². The van der Waals surface area contributed by atoms with Gasteiger partial charge < -0.3 is 22.9 Å². The van der Waals surface area contributed by atoms with Gasteiger partial charge >= 0.3 is 13.3 Å². The predicted octanol–water partition coefficient (Wildman–Crippen LogP) is 4.26. The van der Waals surface area contributed by atoms with E-state index in [4.69, 9.17) is 22.9 Å². The first-order valence-electron chi connectivity index (χ1n) is 11.8. The van der Waals surface area contributed by atoms with Gasteiger partial charge in [0.15, 0.2) is 14.5 Å². The SMILES string of the molecule is CCO[C@@H]1C[C@H](O[Si](C)(C)C(C)(C)C)[C@H](C)C(/C=C/P(=O)(OC)OC)O[C@H]1n1ccc(=O)[nH]c1=O. The summed E-state index contributed by atoms with van der Waals surface area (Å²) < 4.78 is 43.4. The Labute approximate surface area is 208 Å². The van der Waals surface area contributed by atoms with E-state index < -0.39 is 45.6 Å². The van der Waals surface area contributed by atoms with Gasteiger partial charge in [-0.05, 0) is 31.1 Å². The molecular formula is C23H41N2O8PSi. The monoisotopic (exact) mass is 532 g/mol. The minimum absolute atomic E-state index is 0.0244. The molecule has 0 aliphatic carbocycles. The van der Waals surface area contributed by atoms with Gasteiger partial charge in [-0.1, -0.05) is 27.7 Å². The minimum atomic E-state index is -3.45. The maximum Gasteiger partial charge on any atom is 0.353 e. The number of ether oxygens (including phenoxy) is 2. The summed E-state index contributed by atoms with van der Waals surface area (Å²) in [5, 5.41) is -0.0244. The van der Waals surface area contributed by atoms with E-state index in [1.54, 1.807) is 6.08 Å². The highest BCUT2D eigenvalue weighted by Crippen LogP contribution is 2.49. The highest BCUT2D eigenvalue weighted by molar-refractivity contribution is 7.57. The number of hydrogen-bond acceptors (Lipinski definition) is 8. The zero-order chi connectivity index (χ0) is 26.6. The Hall–Kier alpha value is -1.33. The molecule has 0 bridgehead atoms. The van der Waals surface area contributed by atoms with Crippen molar-refractivity contribution in [3.63, 3.8) is 0 Å². The molecule has 2 heterocycles. The van der Waals surface area contributed by atoms with Crippen LogP contribution < -0.4 is 11.2 Å². The molecule has 1 aromatic heterocycles. The molecule has 1 unspecified atom stereocenters. The van der Waals surface area contributed by atoms with Crippen LogP contribution in [0.2, 0.25) is 18.1 Å². The average Bonchev–Trinajstić information content (AvgIpc) is 2.89. The number of H-pyrrole nitrogens is 1. The first-order chi connectivity index (χ1) is 16.2. The first kappa shape index (κ1) is 29.9. The second-order valence-corrected chi connectivity index (χ2v) is 17.1. The second kappa shape index (κ2) is 11.8. The van der Waals surface area contributed by atoms with Gasteiger partial charge in [-0.2, -0.15) is 0 Å². The first-order valence-corrected chi connectivity index (χ1v) is 16.4. The molecular weight excluding hydrogens is 491 g/mol. The van der Waals surface area contributed by atoms with Crippen LogP contribution in [0.4, 0.5) is 0 Å². The van der Waals surface area contributed by atoms with Gasteiger partial charge in [-0.15, -0.1) is 0 Å². The molecule has 0 radical (unpaired) electrons. The maximum atomic E-state index is 12.7. The van der Waals surface area contributed by atoms with Crippen molar-refractivity contribution in [2.75, 3.05) is 20.8 Å². The lowest BCUT2D eigenvalue weighted by Crippen LogP contribution is -2.47. The van der Waals surface area contributed by atoms with Gasteiger partial charge in [-0.3, -0.25) is 18.9 Å². The predicted molar refractivity (Wildman–Crippen MR) is 137 cm³/mol. The van der Waals surface area contributed by atoms with Gasteiger partial charge in [0, 0.05) is 51.2 Å². The highest BCUT2D eigenvalue weighted by Gasteiger charge is 2.45. The smallest absolute Gasteiger partial charge is 0.353 e. The molecule has 1 aliphatic heterocycles. The standard InChI is InChI=1S/C23H41N2O8PSi/c1-10-31-19-15-18(33-35(8,9)23(3,4)5)16(2)17(12-14-34(28,29-6)30-7)32-21(19)25-13-11-20(26)24-22(25)27/h11-14,16-19,21H,10,15H2,1-9H3,(H,24,26,27)/b14-12+/t16-,17?,18+,19-,21-/m1/s1. The lowest BCUT2D eigenvalue weighted by Gasteiger charge is -2.41.